The van der Waals surface area contributed by atoms with Gasteiger partial charge in [0.1, 0.15) is 0 Å². The van der Waals surface area contributed by atoms with E-state index in [9.17, 15) is 4.79 Å². The van der Waals surface area contributed by atoms with Crippen LogP contribution < -0.4 is 5.32 Å². The first-order valence-corrected chi connectivity index (χ1v) is 7.58. The summed E-state index contributed by atoms with van der Waals surface area (Å²) in [4.78, 5) is 12.2. The van der Waals surface area contributed by atoms with Gasteiger partial charge in [0.05, 0.1) is 10.6 Å². The molecular weight excluding hydrogens is 281 g/mol. The number of carbonyl (C=O) groups is 1. The van der Waals surface area contributed by atoms with Gasteiger partial charge in [-0.15, -0.1) is 11.6 Å². The van der Waals surface area contributed by atoms with Crippen LogP contribution in [0.2, 0.25) is 5.02 Å². The number of amides is 1. The van der Waals surface area contributed by atoms with Crippen LogP contribution in [0.3, 0.4) is 0 Å². The summed E-state index contributed by atoms with van der Waals surface area (Å²) < 4.78 is 0. The fraction of sp³-hybridized carbons (Fsp3) is 0.533. The van der Waals surface area contributed by atoms with Gasteiger partial charge in [-0.3, -0.25) is 4.79 Å². The van der Waals surface area contributed by atoms with Crippen LogP contribution in [0.25, 0.3) is 0 Å². The van der Waals surface area contributed by atoms with Crippen LogP contribution in [0.1, 0.15) is 41.6 Å². The van der Waals surface area contributed by atoms with E-state index in [0.29, 0.717) is 23.0 Å². The molecule has 0 atom stereocenters. The largest absolute Gasteiger partial charge is 0.351 e. The van der Waals surface area contributed by atoms with E-state index in [1.54, 1.807) is 6.07 Å². The third-order valence-corrected chi connectivity index (χ3v) is 4.82. The SMILES string of the molecule is Cc1ccc(C(=O)NCC2(CCl)CCCC2)c(Cl)c1. The van der Waals surface area contributed by atoms with Gasteiger partial charge >= 0.3 is 0 Å². The molecule has 1 amide bonds. The second-order valence-corrected chi connectivity index (χ2v) is 6.18. The van der Waals surface area contributed by atoms with Crippen molar-refractivity contribution in [3.8, 4) is 0 Å². The zero-order valence-electron chi connectivity index (χ0n) is 11.1. The summed E-state index contributed by atoms with van der Waals surface area (Å²) in [5, 5.41) is 3.49. The average Bonchev–Trinajstić information content (AvgIpc) is 2.85. The quantitative estimate of drug-likeness (QED) is 0.830. The Kier molecular flexibility index (Phi) is 4.75. The first-order valence-electron chi connectivity index (χ1n) is 6.67. The van der Waals surface area contributed by atoms with E-state index in [1.807, 2.05) is 19.1 Å². The summed E-state index contributed by atoms with van der Waals surface area (Å²) in [6, 6.07) is 5.48. The standard InChI is InChI=1S/C15H19Cl2NO/c1-11-4-5-12(13(17)8-11)14(19)18-10-15(9-16)6-2-3-7-15/h4-5,8H,2-3,6-7,9-10H2,1H3,(H,18,19). The molecule has 19 heavy (non-hydrogen) atoms. The van der Waals surface area contributed by atoms with Crippen LogP contribution >= 0.6 is 23.2 Å². The Hall–Kier alpha value is -0.730. The Morgan fingerprint density at radius 3 is 2.63 bits per heavy atom. The summed E-state index contributed by atoms with van der Waals surface area (Å²) >= 11 is 12.2. The zero-order valence-corrected chi connectivity index (χ0v) is 12.7. The number of carbonyl (C=O) groups excluding carboxylic acids is 1. The van der Waals surface area contributed by atoms with E-state index in [1.165, 1.54) is 12.8 Å². The molecular formula is C15H19Cl2NO. The van der Waals surface area contributed by atoms with E-state index < -0.39 is 0 Å². The van der Waals surface area contributed by atoms with Crippen LogP contribution in [0.4, 0.5) is 0 Å². The molecule has 0 unspecified atom stereocenters. The van der Waals surface area contributed by atoms with Gasteiger partial charge in [0.15, 0.2) is 0 Å². The van der Waals surface area contributed by atoms with Gasteiger partial charge in [-0.2, -0.15) is 0 Å². The maximum Gasteiger partial charge on any atom is 0.252 e. The molecule has 2 nitrogen and oxygen atoms in total. The lowest BCUT2D eigenvalue weighted by atomic mass is 9.88. The molecule has 104 valence electrons. The van der Waals surface area contributed by atoms with Crippen molar-refractivity contribution < 1.29 is 4.79 Å². The van der Waals surface area contributed by atoms with Crippen LogP contribution in [0.15, 0.2) is 18.2 Å². The van der Waals surface area contributed by atoms with Crippen LogP contribution in [0, 0.1) is 12.3 Å². The van der Waals surface area contributed by atoms with E-state index in [4.69, 9.17) is 23.2 Å². The maximum absolute atomic E-state index is 12.2. The number of rotatable bonds is 4. The van der Waals surface area contributed by atoms with Crippen LogP contribution in [-0.2, 0) is 0 Å². The third-order valence-electron chi connectivity index (χ3n) is 3.94. The molecule has 0 radical (unpaired) electrons. The van der Waals surface area contributed by atoms with E-state index in [0.717, 1.165) is 18.4 Å². The Balaban J connectivity index is 2.01. The monoisotopic (exact) mass is 299 g/mol. The Bertz CT molecular complexity index is 467. The molecule has 1 aromatic carbocycles. The number of benzene rings is 1. The van der Waals surface area contributed by atoms with Crippen LogP contribution in [-0.4, -0.2) is 18.3 Å². The molecule has 1 fully saturated rings. The Labute approximate surface area is 124 Å². The first kappa shape index (κ1) is 14.7. The van der Waals surface area contributed by atoms with Gasteiger partial charge in [-0.1, -0.05) is 30.5 Å². The zero-order chi connectivity index (χ0) is 13.9. The first-order chi connectivity index (χ1) is 9.06. The molecule has 1 saturated carbocycles. The smallest absolute Gasteiger partial charge is 0.252 e. The molecule has 0 heterocycles. The Morgan fingerprint density at radius 1 is 1.37 bits per heavy atom. The van der Waals surface area contributed by atoms with Crippen molar-refractivity contribution in [3.63, 3.8) is 0 Å². The second-order valence-electron chi connectivity index (χ2n) is 5.51. The minimum atomic E-state index is -0.110. The molecule has 1 N–H and O–H groups in total. The number of alkyl halides is 1. The molecule has 0 spiro atoms. The predicted octanol–water partition coefficient (Wildman–Crippen LogP) is 4.18. The molecule has 2 rings (SSSR count). The van der Waals surface area contributed by atoms with E-state index >= 15 is 0 Å². The van der Waals surface area contributed by atoms with Gasteiger partial charge < -0.3 is 5.32 Å². The van der Waals surface area contributed by atoms with Crippen LogP contribution in [0.5, 0.6) is 0 Å². The van der Waals surface area contributed by atoms with Crippen molar-refractivity contribution in [3.05, 3.63) is 34.3 Å². The molecule has 4 heteroatoms. The number of aryl methyl sites for hydroxylation is 1. The molecule has 0 aliphatic heterocycles. The van der Waals surface area contributed by atoms with E-state index in [-0.39, 0.29) is 11.3 Å². The normalized spacial score (nSPS) is 17.4. The number of hydrogen-bond acceptors (Lipinski definition) is 1. The number of nitrogens with one attached hydrogen (secondary N) is 1. The molecule has 0 bridgehead atoms. The van der Waals surface area contributed by atoms with Crippen molar-refractivity contribution in [2.75, 3.05) is 12.4 Å². The molecule has 0 aromatic heterocycles. The highest BCUT2D eigenvalue weighted by atomic mass is 35.5. The predicted molar refractivity (Wildman–Crippen MR) is 80.1 cm³/mol. The highest BCUT2D eigenvalue weighted by molar-refractivity contribution is 6.33. The summed E-state index contributed by atoms with van der Waals surface area (Å²) in [5.41, 5.74) is 1.67. The average molecular weight is 300 g/mol. The molecule has 1 aliphatic rings. The second kappa shape index (κ2) is 6.15. The van der Waals surface area contributed by atoms with Crippen molar-refractivity contribution in [1.82, 2.24) is 5.32 Å². The molecule has 0 saturated heterocycles. The highest BCUT2D eigenvalue weighted by Crippen LogP contribution is 2.38. The van der Waals surface area contributed by atoms with E-state index in [2.05, 4.69) is 5.32 Å². The van der Waals surface area contributed by atoms with Gasteiger partial charge in [0.2, 0.25) is 0 Å². The van der Waals surface area contributed by atoms with Crippen molar-refractivity contribution in [1.29, 1.82) is 0 Å². The number of halogens is 2. The summed E-state index contributed by atoms with van der Waals surface area (Å²) in [6.45, 7) is 2.59. The molecule has 1 aliphatic carbocycles. The minimum absolute atomic E-state index is 0.0778. The van der Waals surface area contributed by atoms with Gasteiger partial charge in [0.25, 0.3) is 5.91 Å². The summed E-state index contributed by atoms with van der Waals surface area (Å²) in [5.74, 6) is 0.496. The Morgan fingerprint density at radius 2 is 2.05 bits per heavy atom. The maximum atomic E-state index is 12.2. The lowest BCUT2D eigenvalue weighted by Gasteiger charge is -2.26. The minimum Gasteiger partial charge on any atom is -0.351 e. The summed E-state index contributed by atoms with van der Waals surface area (Å²) in [6.07, 6.45) is 4.60. The topological polar surface area (TPSA) is 29.1 Å². The fourth-order valence-corrected chi connectivity index (χ4v) is 3.33. The van der Waals surface area contributed by atoms with Gasteiger partial charge in [-0.05, 0) is 37.5 Å². The molecule has 1 aromatic rings. The lowest BCUT2D eigenvalue weighted by Crippen LogP contribution is -2.37. The van der Waals surface area contributed by atoms with Crippen molar-refractivity contribution >= 4 is 29.1 Å². The number of hydrogen-bond donors (Lipinski definition) is 1. The highest BCUT2D eigenvalue weighted by Gasteiger charge is 2.33. The van der Waals surface area contributed by atoms with Gasteiger partial charge in [0, 0.05) is 17.8 Å². The van der Waals surface area contributed by atoms with Gasteiger partial charge in [-0.25, -0.2) is 0 Å². The fourth-order valence-electron chi connectivity index (χ4n) is 2.65. The third kappa shape index (κ3) is 3.43. The van der Waals surface area contributed by atoms with Crippen molar-refractivity contribution in [2.24, 2.45) is 5.41 Å². The summed E-state index contributed by atoms with van der Waals surface area (Å²) in [7, 11) is 0. The lowest BCUT2D eigenvalue weighted by molar-refractivity contribution is 0.0935. The van der Waals surface area contributed by atoms with Crippen molar-refractivity contribution in [2.45, 2.75) is 32.6 Å².